The van der Waals surface area contributed by atoms with Gasteiger partial charge in [0.25, 0.3) is 0 Å². The summed E-state index contributed by atoms with van der Waals surface area (Å²) in [6, 6.07) is 7.59. The Balaban J connectivity index is 0.000000720. The van der Waals surface area contributed by atoms with Gasteiger partial charge in [-0.05, 0) is 18.2 Å². The molecule has 12 heavy (non-hydrogen) atoms. The molecule has 0 fully saturated rings. The van der Waals surface area contributed by atoms with Crippen molar-refractivity contribution >= 4 is 6.08 Å². The molecule has 0 aliphatic carbocycles. The fourth-order valence-electron chi connectivity index (χ4n) is 1.08. The van der Waals surface area contributed by atoms with E-state index >= 15 is 0 Å². The highest BCUT2D eigenvalue weighted by molar-refractivity contribution is 5.59. The van der Waals surface area contributed by atoms with Crippen LogP contribution >= 0.6 is 0 Å². The normalized spacial score (nSPS) is 18.9. The summed E-state index contributed by atoms with van der Waals surface area (Å²) in [4.78, 5) is 0. The number of aliphatic hydroxyl groups is 1. The summed E-state index contributed by atoms with van der Waals surface area (Å²) in [6.07, 6.45) is 2.68. The molecule has 1 aliphatic rings. The maximum atomic E-state index is 9.05. The minimum absolute atomic E-state index is 0. The molecule has 1 unspecified atom stereocenters. The Morgan fingerprint density at radius 2 is 2.00 bits per heavy atom. The van der Waals surface area contributed by atoms with Crippen molar-refractivity contribution in [1.82, 2.24) is 0 Å². The summed E-state index contributed by atoms with van der Waals surface area (Å²) in [6.45, 7) is 0. The first kappa shape index (κ1) is 8.81. The maximum Gasteiger partial charge on any atom is 0.217 e. The van der Waals surface area contributed by atoms with Crippen LogP contribution in [0.5, 0.6) is 5.75 Å². The van der Waals surface area contributed by atoms with E-state index in [0.717, 1.165) is 11.3 Å². The van der Waals surface area contributed by atoms with Crippen molar-refractivity contribution in [3.63, 3.8) is 0 Å². The minimum Gasteiger partial charge on any atom is -0.461 e. The van der Waals surface area contributed by atoms with Gasteiger partial charge in [-0.25, -0.2) is 0 Å². The van der Waals surface area contributed by atoms with E-state index in [-0.39, 0.29) is 7.43 Å². The second kappa shape index (κ2) is 3.41. The van der Waals surface area contributed by atoms with Crippen molar-refractivity contribution in [2.75, 3.05) is 0 Å². The molecule has 0 bridgehead atoms. The van der Waals surface area contributed by atoms with E-state index in [0.29, 0.717) is 0 Å². The summed E-state index contributed by atoms with van der Waals surface area (Å²) in [5.74, 6) is 0.738. The molecule has 0 amide bonds. The van der Waals surface area contributed by atoms with Gasteiger partial charge in [0.05, 0.1) is 0 Å². The molecule has 1 aromatic carbocycles. The summed E-state index contributed by atoms with van der Waals surface area (Å²) >= 11 is 0. The number of hydrogen-bond acceptors (Lipinski definition) is 2. The third-order valence-electron chi connectivity index (χ3n) is 1.61. The predicted molar refractivity (Wildman–Crippen MR) is 48.8 cm³/mol. The van der Waals surface area contributed by atoms with Gasteiger partial charge in [0.15, 0.2) is 0 Å². The smallest absolute Gasteiger partial charge is 0.217 e. The molecule has 2 rings (SSSR count). The second-order valence-electron chi connectivity index (χ2n) is 2.41. The quantitative estimate of drug-likeness (QED) is 0.635. The van der Waals surface area contributed by atoms with E-state index in [1.165, 1.54) is 0 Å². The molecular weight excluding hydrogens is 152 g/mol. The molecule has 0 saturated heterocycles. The molecule has 1 N–H and O–H groups in total. The van der Waals surface area contributed by atoms with E-state index in [4.69, 9.17) is 9.84 Å². The largest absolute Gasteiger partial charge is 0.461 e. The molecule has 0 radical (unpaired) electrons. The van der Waals surface area contributed by atoms with Crippen LogP contribution in [0.3, 0.4) is 0 Å². The van der Waals surface area contributed by atoms with Crippen molar-refractivity contribution in [2.24, 2.45) is 0 Å². The molecule has 1 aliphatic heterocycles. The van der Waals surface area contributed by atoms with Crippen LogP contribution in [0, 0.1) is 0 Å². The van der Waals surface area contributed by atoms with Crippen LogP contribution in [0.1, 0.15) is 13.0 Å². The van der Waals surface area contributed by atoms with Crippen molar-refractivity contribution in [2.45, 2.75) is 13.7 Å². The van der Waals surface area contributed by atoms with Crippen molar-refractivity contribution in [1.29, 1.82) is 0 Å². The number of hydrogen-bond donors (Lipinski definition) is 1. The zero-order valence-corrected chi connectivity index (χ0v) is 5.90. The lowest BCUT2D eigenvalue weighted by molar-refractivity contribution is 0.0231. The van der Waals surface area contributed by atoms with Gasteiger partial charge in [-0.1, -0.05) is 25.6 Å². The number of aliphatic hydroxyl groups excluding tert-OH is 1. The molecule has 2 heteroatoms. The number of fused-ring (bicyclic) bond motifs is 1. The standard InChI is InChI=1S/C9H8O2.CH4/c10-9-6-5-7-3-1-2-4-8(7)11-9;/h1-6,9-10H;1H4. The maximum absolute atomic E-state index is 9.05. The minimum atomic E-state index is -0.787. The van der Waals surface area contributed by atoms with Crippen molar-refractivity contribution < 1.29 is 9.84 Å². The monoisotopic (exact) mass is 164 g/mol. The Kier molecular flexibility index (Phi) is 2.51. The first-order chi connectivity index (χ1) is 5.36. The van der Waals surface area contributed by atoms with Crippen molar-refractivity contribution in [3.05, 3.63) is 35.9 Å². The van der Waals surface area contributed by atoms with Gasteiger partial charge >= 0.3 is 0 Å². The average molecular weight is 164 g/mol. The van der Waals surface area contributed by atoms with Gasteiger partial charge in [-0.2, -0.15) is 0 Å². The lowest BCUT2D eigenvalue weighted by Gasteiger charge is -2.16. The van der Waals surface area contributed by atoms with Gasteiger partial charge in [0.2, 0.25) is 6.29 Å². The van der Waals surface area contributed by atoms with Crippen LogP contribution in [0.2, 0.25) is 0 Å². The number of ether oxygens (including phenoxy) is 1. The van der Waals surface area contributed by atoms with Gasteiger partial charge < -0.3 is 9.84 Å². The summed E-state index contributed by atoms with van der Waals surface area (Å²) < 4.78 is 5.10. The van der Waals surface area contributed by atoms with Gasteiger partial charge in [0.1, 0.15) is 5.75 Å². The van der Waals surface area contributed by atoms with Crippen LogP contribution in [0.25, 0.3) is 6.08 Å². The molecule has 1 heterocycles. The van der Waals surface area contributed by atoms with E-state index in [2.05, 4.69) is 0 Å². The fourth-order valence-corrected chi connectivity index (χ4v) is 1.08. The van der Waals surface area contributed by atoms with E-state index in [1.54, 1.807) is 6.08 Å². The van der Waals surface area contributed by atoms with E-state index in [1.807, 2.05) is 30.3 Å². The van der Waals surface area contributed by atoms with E-state index < -0.39 is 6.29 Å². The number of benzene rings is 1. The highest BCUT2D eigenvalue weighted by Crippen LogP contribution is 2.24. The zero-order valence-electron chi connectivity index (χ0n) is 5.90. The van der Waals surface area contributed by atoms with Gasteiger partial charge in [0, 0.05) is 5.56 Å². The fraction of sp³-hybridized carbons (Fsp3) is 0.200. The Morgan fingerprint density at radius 3 is 2.83 bits per heavy atom. The third kappa shape index (κ3) is 1.48. The van der Waals surface area contributed by atoms with Gasteiger partial charge in [-0.3, -0.25) is 0 Å². The lowest BCUT2D eigenvalue weighted by Crippen LogP contribution is -2.15. The zero-order chi connectivity index (χ0) is 7.68. The lowest BCUT2D eigenvalue weighted by atomic mass is 10.1. The average Bonchev–Trinajstić information content (AvgIpc) is 2.04. The van der Waals surface area contributed by atoms with Crippen molar-refractivity contribution in [3.8, 4) is 5.75 Å². The number of para-hydroxylation sites is 1. The first-order valence-corrected chi connectivity index (χ1v) is 3.48. The number of rotatable bonds is 0. The van der Waals surface area contributed by atoms with Crippen LogP contribution in [-0.2, 0) is 0 Å². The molecule has 1 aromatic rings. The van der Waals surface area contributed by atoms with Crippen LogP contribution < -0.4 is 4.74 Å². The molecule has 64 valence electrons. The Hall–Kier alpha value is -1.28. The topological polar surface area (TPSA) is 29.5 Å². The molecule has 0 spiro atoms. The van der Waals surface area contributed by atoms with Crippen LogP contribution in [-0.4, -0.2) is 11.4 Å². The summed E-state index contributed by atoms with van der Waals surface area (Å²) in [5, 5.41) is 9.05. The second-order valence-corrected chi connectivity index (χ2v) is 2.41. The highest BCUT2D eigenvalue weighted by atomic mass is 16.6. The molecule has 1 atom stereocenters. The molecule has 0 saturated carbocycles. The summed E-state index contributed by atoms with van der Waals surface area (Å²) in [7, 11) is 0. The molecule has 0 aromatic heterocycles. The first-order valence-electron chi connectivity index (χ1n) is 3.48. The van der Waals surface area contributed by atoms with E-state index in [9.17, 15) is 0 Å². The highest BCUT2D eigenvalue weighted by Gasteiger charge is 2.09. The summed E-state index contributed by atoms with van der Waals surface area (Å²) in [5.41, 5.74) is 1.01. The Morgan fingerprint density at radius 1 is 1.25 bits per heavy atom. The predicted octanol–water partition coefficient (Wildman–Crippen LogP) is 2.05. The van der Waals surface area contributed by atoms with Gasteiger partial charge in [-0.15, -0.1) is 0 Å². The Labute approximate surface area is 72.1 Å². The van der Waals surface area contributed by atoms with Crippen LogP contribution in [0.4, 0.5) is 0 Å². The SMILES string of the molecule is C.OC1C=Cc2ccccc2O1. The van der Waals surface area contributed by atoms with Crippen LogP contribution in [0.15, 0.2) is 30.3 Å². The Bertz CT molecular complexity index is 292. The molecule has 2 nitrogen and oxygen atoms in total. The molecular formula is C10H12O2. The third-order valence-corrected chi connectivity index (χ3v) is 1.61.